The second-order valence-corrected chi connectivity index (χ2v) is 13.2. The number of rotatable bonds is 9. The molecule has 1 saturated heterocycles. The Morgan fingerprint density at radius 2 is 1.96 bits per heavy atom. The number of hydrogen-bond donors (Lipinski definition) is 0. The van der Waals surface area contributed by atoms with Gasteiger partial charge in [-0.05, 0) is 50.9 Å². The number of anilines is 2. The Balaban J connectivity index is 1.34. The van der Waals surface area contributed by atoms with Gasteiger partial charge in [0, 0.05) is 54.8 Å². The van der Waals surface area contributed by atoms with Crippen molar-refractivity contribution >= 4 is 39.8 Å². The summed E-state index contributed by atoms with van der Waals surface area (Å²) in [4.78, 5) is 34.1. The Labute approximate surface area is 269 Å². The van der Waals surface area contributed by atoms with Gasteiger partial charge in [-0.2, -0.15) is 9.97 Å². The Morgan fingerprint density at radius 3 is 2.64 bits per heavy atom. The van der Waals surface area contributed by atoms with Crippen molar-refractivity contribution in [3.8, 4) is 6.01 Å². The molecule has 0 bridgehead atoms. The average molecular weight is 632 g/mol. The van der Waals surface area contributed by atoms with E-state index >= 15 is 0 Å². The third kappa shape index (κ3) is 6.29. The van der Waals surface area contributed by atoms with Gasteiger partial charge in [0.2, 0.25) is 6.54 Å². The highest BCUT2D eigenvalue weighted by atomic mass is 35.5. The molecule has 9 nitrogen and oxygen atoms in total. The number of piperazine rings is 1. The molecule has 11 heteroatoms. The molecule has 0 spiro atoms. The molecule has 45 heavy (non-hydrogen) atoms. The van der Waals surface area contributed by atoms with Gasteiger partial charge >= 0.3 is 6.01 Å². The smallest absolute Gasteiger partial charge is 0.318 e. The number of fused-ring (bicyclic) bond motifs is 2. The lowest BCUT2D eigenvalue weighted by atomic mass is 9.69. The number of carbonyl (C=O) groups excluding carboxylic acids is 1. The highest BCUT2D eigenvalue weighted by molar-refractivity contribution is 6.36. The van der Waals surface area contributed by atoms with Crippen molar-refractivity contribution in [2.75, 3.05) is 69.8 Å². The molecule has 2 aromatic carbocycles. The molecule has 1 aliphatic carbocycles. The molecule has 0 radical (unpaired) electrons. The topological polar surface area (TPSA) is 69.4 Å². The zero-order valence-corrected chi connectivity index (χ0v) is 26.7. The number of halogens is 2. The summed E-state index contributed by atoms with van der Waals surface area (Å²) < 4.78 is 20.3. The van der Waals surface area contributed by atoms with Crippen LogP contribution in [0.2, 0.25) is 5.02 Å². The highest BCUT2D eigenvalue weighted by Crippen LogP contribution is 2.42. The lowest BCUT2D eigenvalue weighted by Gasteiger charge is -2.43. The van der Waals surface area contributed by atoms with Crippen LogP contribution < -0.4 is 14.5 Å². The molecule has 3 aliphatic rings. The van der Waals surface area contributed by atoms with Crippen LogP contribution in [0.1, 0.15) is 30.5 Å². The number of nitrogens with zero attached hydrogens (tertiary/aromatic N) is 7. The van der Waals surface area contributed by atoms with Gasteiger partial charge < -0.3 is 29.2 Å². The van der Waals surface area contributed by atoms with Crippen molar-refractivity contribution in [1.82, 2.24) is 19.8 Å². The number of amides is 1. The van der Waals surface area contributed by atoms with Crippen LogP contribution in [0.15, 0.2) is 48.8 Å². The third-order valence-corrected chi connectivity index (χ3v) is 9.66. The average Bonchev–Trinajstić information content (AvgIpc) is 3.01. The molecule has 3 aromatic rings. The van der Waals surface area contributed by atoms with Crippen LogP contribution in [-0.4, -0.2) is 91.7 Å². The molecular weight excluding hydrogens is 593 g/mol. The van der Waals surface area contributed by atoms with E-state index in [9.17, 15) is 9.18 Å². The van der Waals surface area contributed by atoms with E-state index in [1.165, 1.54) is 11.3 Å². The van der Waals surface area contributed by atoms with Crippen LogP contribution in [0.25, 0.3) is 15.6 Å². The summed E-state index contributed by atoms with van der Waals surface area (Å²) in [5.74, 6) is -1.00. The Kier molecular flexibility index (Phi) is 8.85. The predicted molar refractivity (Wildman–Crippen MR) is 176 cm³/mol. The number of hydrogen-bond acceptors (Lipinski definition) is 7. The second-order valence-electron chi connectivity index (χ2n) is 12.8. The van der Waals surface area contributed by atoms with Crippen LogP contribution in [0.4, 0.5) is 15.9 Å². The maximum atomic E-state index is 13.9. The zero-order chi connectivity index (χ0) is 31.7. The van der Waals surface area contributed by atoms with E-state index in [0.717, 1.165) is 59.5 Å². The van der Waals surface area contributed by atoms with E-state index in [1.807, 2.05) is 12.1 Å². The van der Waals surface area contributed by atoms with Gasteiger partial charge in [-0.25, -0.2) is 11.0 Å². The summed E-state index contributed by atoms with van der Waals surface area (Å²) in [5.41, 5.74) is 3.06. The van der Waals surface area contributed by atoms with Crippen molar-refractivity contribution < 1.29 is 13.9 Å². The van der Waals surface area contributed by atoms with Crippen molar-refractivity contribution in [2.45, 2.75) is 38.3 Å². The lowest BCUT2D eigenvalue weighted by molar-refractivity contribution is -0.131. The summed E-state index contributed by atoms with van der Waals surface area (Å²) in [7, 11) is 4.17. The van der Waals surface area contributed by atoms with Gasteiger partial charge in [-0.3, -0.25) is 4.79 Å². The second kappa shape index (κ2) is 12.8. The van der Waals surface area contributed by atoms with Crippen molar-refractivity contribution in [1.29, 1.82) is 0 Å². The van der Waals surface area contributed by atoms with Crippen LogP contribution in [0.5, 0.6) is 6.01 Å². The molecule has 3 heterocycles. The summed E-state index contributed by atoms with van der Waals surface area (Å²) in [5, 5.41) is 2.81. The van der Waals surface area contributed by atoms with E-state index in [-0.39, 0.29) is 18.5 Å². The largest absolute Gasteiger partial charge is 0.463 e. The number of ether oxygens (including phenoxy) is 1. The zero-order valence-electron chi connectivity index (χ0n) is 25.9. The van der Waals surface area contributed by atoms with Gasteiger partial charge in [-0.15, -0.1) is 0 Å². The number of aromatic nitrogens is 2. The summed E-state index contributed by atoms with van der Waals surface area (Å²) in [6, 6.07) is 12.0. The lowest BCUT2D eigenvalue weighted by Crippen LogP contribution is -2.57. The standard InChI is InChI=1S/C34H39ClFN7O2/c1-23(36)32(44)43-17-16-42(19-25(43)18-37-2)31-26-12-15-41(29-11-6-9-24-8-5-10-27(35)30(24)29)20-28(26)38-33(39-31)45-22-34(13-7-14-34)21-40(3)4/h5-6,8-11,25H,1,7,12-22H2,3-4H3/t25-/m0/s1. The molecular formula is C34H39ClFN7O2. The first kappa shape index (κ1) is 31.1. The SMILES string of the molecule is [C-]#[N+]C[C@H]1CN(c2nc(OCC3(CN(C)C)CCC3)nc3c2CCN(c2cccc4cccc(Cl)c24)C3)CCN1C(=O)C(=C)F. The molecule has 2 aliphatic heterocycles. The first-order valence-electron chi connectivity index (χ1n) is 15.5. The predicted octanol–water partition coefficient (Wildman–Crippen LogP) is 5.38. The summed E-state index contributed by atoms with van der Waals surface area (Å²) in [6.07, 6.45) is 4.09. The molecule has 1 amide bonds. The van der Waals surface area contributed by atoms with Gasteiger partial charge in [0.15, 0.2) is 5.83 Å². The first-order valence-corrected chi connectivity index (χ1v) is 15.9. The van der Waals surface area contributed by atoms with Gasteiger partial charge in [-0.1, -0.05) is 48.9 Å². The van der Waals surface area contributed by atoms with Crippen molar-refractivity contribution in [3.05, 3.63) is 76.5 Å². The molecule has 1 aromatic heterocycles. The van der Waals surface area contributed by atoms with Crippen LogP contribution in [0.3, 0.4) is 0 Å². The summed E-state index contributed by atoms with van der Waals surface area (Å²) in [6.45, 7) is 14.6. The van der Waals surface area contributed by atoms with Crippen molar-refractivity contribution in [3.63, 3.8) is 0 Å². The number of benzene rings is 2. The summed E-state index contributed by atoms with van der Waals surface area (Å²) >= 11 is 6.71. The fourth-order valence-corrected chi connectivity index (χ4v) is 7.38. The molecule has 1 saturated carbocycles. The minimum absolute atomic E-state index is 0.0643. The monoisotopic (exact) mass is 631 g/mol. The minimum atomic E-state index is -1.01. The Bertz CT molecular complexity index is 1650. The van der Waals surface area contributed by atoms with E-state index in [2.05, 4.69) is 64.5 Å². The molecule has 0 N–H and O–H groups in total. The molecule has 236 valence electrons. The number of carbonyl (C=O) groups is 1. The maximum absolute atomic E-state index is 13.9. The first-order chi connectivity index (χ1) is 21.7. The van der Waals surface area contributed by atoms with Gasteiger partial charge in [0.1, 0.15) is 11.9 Å². The molecule has 0 unspecified atom stereocenters. The van der Waals surface area contributed by atoms with E-state index in [0.29, 0.717) is 43.7 Å². The van der Waals surface area contributed by atoms with Gasteiger partial charge in [0.05, 0.1) is 23.9 Å². The Morgan fingerprint density at radius 1 is 1.18 bits per heavy atom. The normalized spacial score (nSPS) is 19.2. The van der Waals surface area contributed by atoms with Crippen LogP contribution in [-0.2, 0) is 17.8 Å². The molecule has 2 fully saturated rings. The van der Waals surface area contributed by atoms with Crippen LogP contribution in [0, 0.1) is 12.0 Å². The molecule has 6 rings (SSSR count). The highest BCUT2D eigenvalue weighted by Gasteiger charge is 2.39. The fraction of sp³-hybridized carbons (Fsp3) is 0.471. The van der Waals surface area contributed by atoms with Crippen LogP contribution >= 0.6 is 11.6 Å². The third-order valence-electron chi connectivity index (χ3n) is 9.35. The Hall–Kier alpha value is -3.94. The van der Waals surface area contributed by atoms with E-state index in [1.54, 1.807) is 0 Å². The molecule has 1 atom stereocenters. The van der Waals surface area contributed by atoms with E-state index in [4.69, 9.17) is 32.9 Å². The quantitative estimate of drug-likeness (QED) is 0.232. The van der Waals surface area contributed by atoms with Gasteiger partial charge in [0.25, 0.3) is 5.91 Å². The van der Waals surface area contributed by atoms with E-state index < -0.39 is 17.8 Å². The maximum Gasteiger partial charge on any atom is 0.318 e. The fourth-order valence-electron chi connectivity index (χ4n) is 7.11. The van der Waals surface area contributed by atoms with Crippen molar-refractivity contribution in [2.24, 2.45) is 5.41 Å². The minimum Gasteiger partial charge on any atom is -0.463 e.